The van der Waals surface area contributed by atoms with Gasteiger partial charge in [-0.1, -0.05) is 220 Å². The Kier molecular flexibility index (Phi) is 9.55. The minimum atomic E-state index is -0.0802. The molecule has 2 nitrogen and oxygen atoms in total. The summed E-state index contributed by atoms with van der Waals surface area (Å²) in [5.41, 5.74) is 21.6. The van der Waals surface area contributed by atoms with Gasteiger partial charge < -0.3 is 9.47 Å². The first kappa shape index (κ1) is 40.5. The Morgan fingerprint density at radius 3 is 1.64 bits per heavy atom. The molecule has 0 atom stereocenters. The molecule has 2 heteroatoms. The minimum absolute atomic E-state index is 0.0802. The van der Waals surface area contributed by atoms with E-state index in [1.165, 1.54) is 88.2 Å². The van der Waals surface area contributed by atoms with Gasteiger partial charge in [0, 0.05) is 44.3 Å². The van der Waals surface area contributed by atoms with Crippen LogP contribution in [-0.2, 0) is 5.41 Å². The Balaban J connectivity index is 1.04. The van der Waals surface area contributed by atoms with Crippen molar-refractivity contribution < 1.29 is 0 Å². The van der Waals surface area contributed by atoms with E-state index in [1.807, 2.05) is 0 Å². The zero-order valence-electron chi connectivity index (χ0n) is 38.6. The maximum Gasteiger partial charge on any atom is 0.0620 e. The van der Waals surface area contributed by atoms with E-state index in [0.29, 0.717) is 0 Å². The molecular formula is C67H48N2. The van der Waals surface area contributed by atoms with Crippen molar-refractivity contribution >= 4 is 49.6 Å². The van der Waals surface area contributed by atoms with Gasteiger partial charge in [0.15, 0.2) is 0 Å². The van der Waals surface area contributed by atoms with Gasteiger partial charge in [-0.25, -0.2) is 0 Å². The standard InChI is InChI=1S/C67H48N2/c1-67(2)60-34-13-9-26-52(60)53-43-40-48(44-61(53)67)45-38-41-50(42-39-45)68(62-35-14-10-27-54(62)57-31-18-23-47-22-17-30-51(65(47)57)46-20-5-3-6-21-46)63-36-15-11-28-55(63)58-32-19-33-59-56-29-12-16-37-64(56)69(66(58)59)49-24-7-4-8-25-49/h3-44H,1-2H3. The lowest BCUT2D eigenvalue weighted by Crippen LogP contribution is -2.14. The molecule has 0 bridgehead atoms. The monoisotopic (exact) mass is 880 g/mol. The molecule has 0 unspecified atom stereocenters. The van der Waals surface area contributed by atoms with Crippen LogP contribution in [0.2, 0.25) is 0 Å². The Bertz CT molecular complexity index is 3910. The smallest absolute Gasteiger partial charge is 0.0620 e. The van der Waals surface area contributed by atoms with Crippen molar-refractivity contribution in [1.82, 2.24) is 4.57 Å². The fourth-order valence-corrected chi connectivity index (χ4v) is 11.4. The average Bonchev–Trinajstić information content (AvgIpc) is 3.87. The first-order valence-electron chi connectivity index (χ1n) is 24.0. The van der Waals surface area contributed by atoms with E-state index < -0.39 is 0 Å². The number of fused-ring (bicyclic) bond motifs is 7. The Morgan fingerprint density at radius 2 is 0.884 bits per heavy atom. The van der Waals surface area contributed by atoms with Crippen molar-refractivity contribution in [2.45, 2.75) is 19.3 Å². The highest BCUT2D eigenvalue weighted by Gasteiger charge is 2.35. The summed E-state index contributed by atoms with van der Waals surface area (Å²) in [6.45, 7) is 4.71. The van der Waals surface area contributed by atoms with E-state index in [-0.39, 0.29) is 5.41 Å². The molecule has 1 aliphatic rings. The molecule has 12 aromatic rings. The van der Waals surface area contributed by atoms with Gasteiger partial charge in [-0.2, -0.15) is 0 Å². The third-order valence-electron chi connectivity index (χ3n) is 14.6. The van der Waals surface area contributed by atoms with Crippen LogP contribution in [-0.4, -0.2) is 4.57 Å². The third kappa shape index (κ3) is 6.55. The minimum Gasteiger partial charge on any atom is -0.309 e. The van der Waals surface area contributed by atoms with Crippen molar-refractivity contribution in [2.75, 3.05) is 4.90 Å². The largest absolute Gasteiger partial charge is 0.309 e. The number of rotatable bonds is 8. The van der Waals surface area contributed by atoms with E-state index in [4.69, 9.17) is 0 Å². The molecule has 326 valence electrons. The fourth-order valence-electron chi connectivity index (χ4n) is 11.4. The SMILES string of the molecule is CC1(C)c2ccccc2-c2ccc(-c3ccc(N(c4ccccc4-c4cccc5cccc(-c6ccccc6)c45)c4ccccc4-c4cccc5c6ccccc6n(-c6ccccc6)c45)cc3)cc21. The lowest BCUT2D eigenvalue weighted by molar-refractivity contribution is 0.660. The van der Waals surface area contributed by atoms with E-state index in [0.717, 1.165) is 33.9 Å². The molecule has 0 saturated carbocycles. The molecule has 0 fully saturated rings. The first-order chi connectivity index (χ1) is 34.0. The summed E-state index contributed by atoms with van der Waals surface area (Å²) in [6.07, 6.45) is 0. The summed E-state index contributed by atoms with van der Waals surface area (Å²) in [4.78, 5) is 2.50. The molecule has 13 rings (SSSR count). The lowest BCUT2D eigenvalue weighted by atomic mass is 9.81. The second-order valence-electron chi connectivity index (χ2n) is 18.8. The Morgan fingerprint density at radius 1 is 0.348 bits per heavy atom. The number of para-hydroxylation sites is 5. The highest BCUT2D eigenvalue weighted by molar-refractivity contribution is 6.15. The Labute approximate surface area is 403 Å². The van der Waals surface area contributed by atoms with Crippen LogP contribution in [0, 0.1) is 0 Å². The number of hydrogen-bond donors (Lipinski definition) is 0. The molecule has 0 aliphatic heterocycles. The van der Waals surface area contributed by atoms with Gasteiger partial charge in [-0.05, 0) is 109 Å². The van der Waals surface area contributed by atoms with Gasteiger partial charge in [0.1, 0.15) is 0 Å². The quantitative estimate of drug-likeness (QED) is 0.148. The van der Waals surface area contributed by atoms with E-state index in [9.17, 15) is 0 Å². The topological polar surface area (TPSA) is 8.17 Å². The van der Waals surface area contributed by atoms with Crippen LogP contribution in [0.4, 0.5) is 17.1 Å². The molecule has 1 heterocycles. The van der Waals surface area contributed by atoms with Crippen LogP contribution < -0.4 is 4.90 Å². The van der Waals surface area contributed by atoms with Gasteiger partial charge in [-0.3, -0.25) is 0 Å². The summed E-state index contributed by atoms with van der Waals surface area (Å²) in [5.74, 6) is 0. The number of nitrogens with zero attached hydrogens (tertiary/aromatic N) is 2. The average molecular weight is 881 g/mol. The molecule has 1 aliphatic carbocycles. The zero-order chi connectivity index (χ0) is 46.1. The fraction of sp³-hybridized carbons (Fsp3) is 0.0448. The molecule has 69 heavy (non-hydrogen) atoms. The first-order valence-corrected chi connectivity index (χ1v) is 24.0. The molecule has 0 spiro atoms. The number of benzene rings is 11. The van der Waals surface area contributed by atoms with Gasteiger partial charge in [0.2, 0.25) is 0 Å². The van der Waals surface area contributed by atoms with E-state index in [1.54, 1.807) is 0 Å². The summed E-state index contributed by atoms with van der Waals surface area (Å²) >= 11 is 0. The molecular weight excluding hydrogens is 833 g/mol. The predicted molar refractivity (Wildman–Crippen MR) is 292 cm³/mol. The maximum atomic E-state index is 2.50. The summed E-state index contributed by atoms with van der Waals surface area (Å²) < 4.78 is 2.45. The molecule has 11 aromatic carbocycles. The van der Waals surface area contributed by atoms with Crippen LogP contribution >= 0.6 is 0 Å². The number of hydrogen-bond acceptors (Lipinski definition) is 1. The molecule has 0 N–H and O–H groups in total. The lowest BCUT2D eigenvalue weighted by Gasteiger charge is -2.30. The molecule has 0 amide bonds. The van der Waals surface area contributed by atoms with Crippen molar-refractivity contribution in [1.29, 1.82) is 0 Å². The maximum absolute atomic E-state index is 2.50. The predicted octanol–water partition coefficient (Wildman–Crippen LogP) is 18.4. The van der Waals surface area contributed by atoms with Crippen molar-refractivity contribution in [3.63, 3.8) is 0 Å². The van der Waals surface area contributed by atoms with E-state index >= 15 is 0 Å². The van der Waals surface area contributed by atoms with Gasteiger partial charge in [-0.15, -0.1) is 0 Å². The second-order valence-corrected chi connectivity index (χ2v) is 18.8. The van der Waals surface area contributed by atoms with Gasteiger partial charge in [0.05, 0.1) is 22.4 Å². The normalized spacial score (nSPS) is 12.6. The molecule has 0 radical (unpaired) electrons. The summed E-state index contributed by atoms with van der Waals surface area (Å²) in [5, 5.41) is 4.91. The highest BCUT2D eigenvalue weighted by atomic mass is 15.1. The molecule has 0 saturated heterocycles. The summed E-state index contributed by atoms with van der Waals surface area (Å²) in [7, 11) is 0. The van der Waals surface area contributed by atoms with Crippen molar-refractivity contribution in [2.24, 2.45) is 0 Å². The molecule has 1 aromatic heterocycles. The number of anilines is 3. The van der Waals surface area contributed by atoms with Crippen molar-refractivity contribution in [3.8, 4) is 61.3 Å². The number of aromatic nitrogens is 1. The van der Waals surface area contributed by atoms with Crippen LogP contribution in [0.15, 0.2) is 255 Å². The Hall–Kier alpha value is -8.72. The van der Waals surface area contributed by atoms with Crippen LogP contribution in [0.1, 0.15) is 25.0 Å². The summed E-state index contributed by atoms with van der Waals surface area (Å²) in [6, 6.07) is 93.7. The van der Waals surface area contributed by atoms with Crippen LogP contribution in [0.3, 0.4) is 0 Å². The van der Waals surface area contributed by atoms with Gasteiger partial charge in [0.25, 0.3) is 0 Å². The second kappa shape index (κ2) is 16.3. The van der Waals surface area contributed by atoms with E-state index in [2.05, 4.69) is 278 Å². The zero-order valence-corrected chi connectivity index (χ0v) is 38.6. The van der Waals surface area contributed by atoms with Crippen LogP contribution in [0.25, 0.3) is 93.9 Å². The van der Waals surface area contributed by atoms with Crippen LogP contribution in [0.5, 0.6) is 0 Å². The highest BCUT2D eigenvalue weighted by Crippen LogP contribution is 2.51. The van der Waals surface area contributed by atoms with Crippen molar-refractivity contribution in [3.05, 3.63) is 266 Å². The van der Waals surface area contributed by atoms with Gasteiger partial charge >= 0.3 is 0 Å². The third-order valence-corrected chi connectivity index (χ3v) is 14.6.